The normalized spacial score (nSPS) is 16.4. The van der Waals surface area contributed by atoms with E-state index in [1.54, 1.807) is 19.1 Å². The SMILES string of the molecule is COc1cc2c(cc1OC)[C@H](C)N(C(=O)c1ccc(F)cc1Cl)CC2. The Morgan fingerprint density at radius 1 is 1.20 bits per heavy atom. The minimum Gasteiger partial charge on any atom is -0.493 e. The molecule has 1 amide bonds. The Morgan fingerprint density at radius 2 is 1.88 bits per heavy atom. The maximum Gasteiger partial charge on any atom is 0.255 e. The molecule has 132 valence electrons. The highest BCUT2D eigenvalue weighted by Gasteiger charge is 2.30. The van der Waals surface area contributed by atoms with Crippen LogP contribution in [-0.2, 0) is 6.42 Å². The van der Waals surface area contributed by atoms with Crippen LogP contribution in [-0.4, -0.2) is 31.6 Å². The number of amides is 1. The van der Waals surface area contributed by atoms with Gasteiger partial charge in [0, 0.05) is 6.54 Å². The van der Waals surface area contributed by atoms with Crippen LogP contribution in [0.5, 0.6) is 11.5 Å². The molecule has 0 radical (unpaired) electrons. The predicted molar refractivity (Wildman–Crippen MR) is 94.1 cm³/mol. The highest BCUT2D eigenvalue weighted by Crippen LogP contribution is 2.38. The van der Waals surface area contributed by atoms with E-state index >= 15 is 0 Å². The molecule has 0 unspecified atom stereocenters. The number of carbonyl (C=O) groups excluding carboxylic acids is 1. The van der Waals surface area contributed by atoms with Crippen LogP contribution in [0.3, 0.4) is 0 Å². The van der Waals surface area contributed by atoms with Crippen LogP contribution in [0.4, 0.5) is 4.39 Å². The number of rotatable bonds is 3. The van der Waals surface area contributed by atoms with Crippen molar-refractivity contribution in [1.82, 2.24) is 4.90 Å². The van der Waals surface area contributed by atoms with E-state index in [9.17, 15) is 9.18 Å². The Kier molecular flexibility index (Phi) is 4.86. The molecule has 0 fully saturated rings. The molecule has 4 nitrogen and oxygen atoms in total. The molecule has 1 aliphatic heterocycles. The van der Waals surface area contributed by atoms with Gasteiger partial charge in [0.2, 0.25) is 0 Å². The second-order valence-electron chi connectivity index (χ2n) is 5.95. The molecule has 0 saturated heterocycles. The van der Waals surface area contributed by atoms with E-state index in [1.807, 2.05) is 19.1 Å². The Hall–Kier alpha value is -2.27. The Balaban J connectivity index is 1.95. The van der Waals surface area contributed by atoms with Crippen molar-refractivity contribution in [2.75, 3.05) is 20.8 Å². The number of benzene rings is 2. The molecule has 2 aromatic rings. The Labute approximate surface area is 151 Å². The van der Waals surface area contributed by atoms with Gasteiger partial charge >= 0.3 is 0 Å². The van der Waals surface area contributed by atoms with Crippen molar-refractivity contribution >= 4 is 17.5 Å². The van der Waals surface area contributed by atoms with E-state index in [0.29, 0.717) is 30.0 Å². The molecule has 1 heterocycles. The molecule has 1 aliphatic rings. The minimum atomic E-state index is -0.463. The molecule has 0 saturated carbocycles. The molecule has 0 aromatic heterocycles. The quantitative estimate of drug-likeness (QED) is 0.818. The lowest BCUT2D eigenvalue weighted by molar-refractivity contribution is 0.0677. The summed E-state index contributed by atoms with van der Waals surface area (Å²) in [5, 5.41) is 0.121. The number of fused-ring (bicyclic) bond motifs is 1. The van der Waals surface area contributed by atoms with Crippen molar-refractivity contribution in [3.05, 3.63) is 57.9 Å². The van der Waals surface area contributed by atoms with Gasteiger partial charge in [-0.25, -0.2) is 4.39 Å². The van der Waals surface area contributed by atoms with Gasteiger partial charge in [-0.1, -0.05) is 11.6 Å². The molecule has 1 atom stereocenters. The Morgan fingerprint density at radius 3 is 2.52 bits per heavy atom. The van der Waals surface area contributed by atoms with Crippen LogP contribution < -0.4 is 9.47 Å². The number of nitrogens with zero attached hydrogens (tertiary/aromatic N) is 1. The molecule has 0 spiro atoms. The number of hydrogen-bond acceptors (Lipinski definition) is 3. The zero-order valence-corrected chi connectivity index (χ0v) is 15.1. The summed E-state index contributed by atoms with van der Waals surface area (Å²) in [4.78, 5) is 14.6. The summed E-state index contributed by atoms with van der Waals surface area (Å²) >= 11 is 6.05. The van der Waals surface area contributed by atoms with Gasteiger partial charge in [0.05, 0.1) is 30.8 Å². The third-order valence-corrected chi connectivity index (χ3v) is 4.92. The second kappa shape index (κ2) is 6.92. The third-order valence-electron chi connectivity index (χ3n) is 4.61. The van der Waals surface area contributed by atoms with Gasteiger partial charge in [0.25, 0.3) is 5.91 Å². The summed E-state index contributed by atoms with van der Waals surface area (Å²) in [6.45, 7) is 2.51. The van der Waals surface area contributed by atoms with Gasteiger partial charge in [-0.05, 0) is 54.8 Å². The molecule has 0 bridgehead atoms. The highest BCUT2D eigenvalue weighted by atomic mass is 35.5. The van der Waals surface area contributed by atoms with Crippen LogP contribution in [0, 0.1) is 5.82 Å². The third kappa shape index (κ3) is 3.16. The van der Waals surface area contributed by atoms with E-state index in [2.05, 4.69) is 0 Å². The van der Waals surface area contributed by atoms with Crippen LogP contribution in [0.2, 0.25) is 5.02 Å². The van der Waals surface area contributed by atoms with Crippen LogP contribution >= 0.6 is 11.6 Å². The monoisotopic (exact) mass is 363 g/mol. The number of ether oxygens (including phenoxy) is 2. The van der Waals surface area contributed by atoms with E-state index in [1.165, 1.54) is 12.1 Å². The molecule has 6 heteroatoms. The lowest BCUT2D eigenvalue weighted by atomic mass is 9.92. The first kappa shape index (κ1) is 17.5. The fourth-order valence-corrected chi connectivity index (χ4v) is 3.49. The summed E-state index contributed by atoms with van der Waals surface area (Å²) in [6, 6.07) is 7.54. The van der Waals surface area contributed by atoms with Gasteiger partial charge in [-0.2, -0.15) is 0 Å². The molecule has 3 rings (SSSR count). The summed E-state index contributed by atoms with van der Waals surface area (Å²) in [7, 11) is 3.18. The average Bonchev–Trinajstić information content (AvgIpc) is 2.60. The van der Waals surface area contributed by atoms with Crippen LogP contribution in [0.1, 0.15) is 34.5 Å². The summed E-state index contributed by atoms with van der Waals surface area (Å²) in [5.41, 5.74) is 2.44. The van der Waals surface area contributed by atoms with Gasteiger partial charge in [0.1, 0.15) is 5.82 Å². The number of hydrogen-bond donors (Lipinski definition) is 0. The molecule has 2 aromatic carbocycles. The average molecular weight is 364 g/mol. The zero-order chi connectivity index (χ0) is 18.1. The van der Waals surface area contributed by atoms with Gasteiger partial charge in [-0.3, -0.25) is 4.79 Å². The molecule has 0 aliphatic carbocycles. The second-order valence-corrected chi connectivity index (χ2v) is 6.36. The molecular weight excluding hydrogens is 345 g/mol. The highest BCUT2D eigenvalue weighted by molar-refractivity contribution is 6.33. The summed E-state index contributed by atoms with van der Waals surface area (Å²) in [5.74, 6) is 0.630. The summed E-state index contributed by atoms with van der Waals surface area (Å²) < 4.78 is 24.0. The van der Waals surface area contributed by atoms with E-state index in [4.69, 9.17) is 21.1 Å². The standard InChI is InChI=1S/C19H19ClFNO3/c1-11-15-10-18(25-3)17(24-2)8-12(15)6-7-22(11)19(23)14-5-4-13(21)9-16(14)20/h4-5,8-11H,6-7H2,1-3H3/t11-/m0/s1. The van der Waals surface area contributed by atoms with Gasteiger partial charge < -0.3 is 14.4 Å². The van der Waals surface area contributed by atoms with Crippen LogP contribution in [0.25, 0.3) is 0 Å². The predicted octanol–water partition coefficient (Wildman–Crippen LogP) is 4.26. The van der Waals surface area contributed by atoms with Gasteiger partial charge in [-0.15, -0.1) is 0 Å². The van der Waals surface area contributed by atoms with Crippen molar-refractivity contribution in [2.45, 2.75) is 19.4 Å². The van der Waals surface area contributed by atoms with Crippen LogP contribution in [0.15, 0.2) is 30.3 Å². The van der Waals surface area contributed by atoms with E-state index in [0.717, 1.165) is 17.2 Å². The Bertz CT molecular complexity index is 825. The minimum absolute atomic E-state index is 0.121. The molecule has 25 heavy (non-hydrogen) atoms. The fourth-order valence-electron chi connectivity index (χ4n) is 3.24. The van der Waals surface area contributed by atoms with Crippen molar-refractivity contribution in [2.24, 2.45) is 0 Å². The fraction of sp³-hybridized carbons (Fsp3) is 0.316. The largest absolute Gasteiger partial charge is 0.493 e. The first-order valence-corrected chi connectivity index (χ1v) is 8.35. The van der Waals surface area contributed by atoms with Crippen molar-refractivity contribution in [3.8, 4) is 11.5 Å². The van der Waals surface area contributed by atoms with Crippen molar-refractivity contribution < 1.29 is 18.7 Å². The number of halogens is 2. The molecule has 0 N–H and O–H groups in total. The first-order valence-electron chi connectivity index (χ1n) is 7.97. The van der Waals surface area contributed by atoms with E-state index in [-0.39, 0.29) is 17.0 Å². The zero-order valence-electron chi connectivity index (χ0n) is 14.3. The lowest BCUT2D eigenvalue weighted by Gasteiger charge is -2.36. The number of methoxy groups -OCH3 is 2. The van der Waals surface area contributed by atoms with E-state index < -0.39 is 5.82 Å². The van der Waals surface area contributed by atoms with Gasteiger partial charge in [0.15, 0.2) is 11.5 Å². The smallest absolute Gasteiger partial charge is 0.255 e. The summed E-state index contributed by atoms with van der Waals surface area (Å²) in [6.07, 6.45) is 0.699. The maximum atomic E-state index is 13.2. The first-order chi connectivity index (χ1) is 12.0. The lowest BCUT2D eigenvalue weighted by Crippen LogP contribution is -2.39. The van der Waals surface area contributed by atoms with Crippen molar-refractivity contribution in [1.29, 1.82) is 0 Å². The van der Waals surface area contributed by atoms with Crippen molar-refractivity contribution in [3.63, 3.8) is 0 Å². The number of carbonyl (C=O) groups is 1. The topological polar surface area (TPSA) is 38.8 Å². The molecular formula is C19H19ClFNO3. The maximum absolute atomic E-state index is 13.2.